The van der Waals surface area contributed by atoms with Crippen molar-refractivity contribution in [3.63, 3.8) is 0 Å². The summed E-state index contributed by atoms with van der Waals surface area (Å²) in [5.74, 6) is 0. The van der Waals surface area contributed by atoms with Crippen LogP contribution in [0, 0.1) is 11.3 Å². The fourth-order valence-electron chi connectivity index (χ4n) is 2.64. The average molecular weight is 298 g/mol. The Bertz CT molecular complexity index is 537. The first kappa shape index (κ1) is 15.6. The van der Waals surface area contributed by atoms with Crippen molar-refractivity contribution in [2.75, 3.05) is 5.32 Å². The quantitative estimate of drug-likeness (QED) is 0.819. The van der Waals surface area contributed by atoms with Crippen LogP contribution in [0.4, 0.5) is 18.9 Å². The molecule has 0 saturated heterocycles. The molecular weight excluding hydrogens is 281 g/mol. The highest BCUT2D eigenvalue weighted by atomic mass is 19.4. The normalized spacial score (nSPS) is 23.2. The highest BCUT2D eigenvalue weighted by Crippen LogP contribution is 2.34. The lowest BCUT2D eigenvalue weighted by molar-refractivity contribution is -0.137. The van der Waals surface area contributed by atoms with Gasteiger partial charge in [-0.1, -0.05) is 19.3 Å². The third kappa shape index (κ3) is 3.88. The lowest BCUT2D eigenvalue weighted by Crippen LogP contribution is -2.32. The molecule has 0 radical (unpaired) electrons. The zero-order valence-corrected chi connectivity index (χ0v) is 11.5. The summed E-state index contributed by atoms with van der Waals surface area (Å²) in [6, 6.07) is 4.86. The topological polar surface area (TPSA) is 56.0 Å². The summed E-state index contributed by atoms with van der Waals surface area (Å²) < 4.78 is 38.7. The van der Waals surface area contributed by atoms with Gasteiger partial charge in [0, 0.05) is 5.69 Å². The number of rotatable bonds is 2. The number of aliphatic hydroxyl groups excluding tert-OH is 1. The highest BCUT2D eigenvalue weighted by molar-refractivity contribution is 5.53. The Morgan fingerprint density at radius 2 is 1.90 bits per heavy atom. The maximum Gasteiger partial charge on any atom is 0.417 e. The van der Waals surface area contributed by atoms with Crippen molar-refractivity contribution >= 4 is 5.69 Å². The van der Waals surface area contributed by atoms with Crippen molar-refractivity contribution in [1.29, 1.82) is 5.26 Å². The summed E-state index contributed by atoms with van der Waals surface area (Å²) in [6.07, 6.45) is -0.848. The molecule has 1 aliphatic carbocycles. The molecule has 114 valence electrons. The van der Waals surface area contributed by atoms with Gasteiger partial charge in [0.15, 0.2) is 0 Å². The molecule has 0 spiro atoms. The summed E-state index contributed by atoms with van der Waals surface area (Å²) >= 11 is 0. The Balaban J connectivity index is 2.23. The Kier molecular flexibility index (Phi) is 4.73. The van der Waals surface area contributed by atoms with Gasteiger partial charge in [0.2, 0.25) is 0 Å². The Hall–Kier alpha value is -1.74. The van der Waals surface area contributed by atoms with E-state index in [0.717, 1.165) is 37.8 Å². The Labute approximate surface area is 121 Å². The number of hydrogen-bond acceptors (Lipinski definition) is 3. The number of alkyl halides is 3. The van der Waals surface area contributed by atoms with Gasteiger partial charge in [0.25, 0.3) is 0 Å². The Morgan fingerprint density at radius 3 is 2.57 bits per heavy atom. The molecule has 1 fully saturated rings. The van der Waals surface area contributed by atoms with Gasteiger partial charge in [-0.2, -0.15) is 18.4 Å². The van der Waals surface area contributed by atoms with Crippen molar-refractivity contribution < 1.29 is 18.3 Å². The van der Waals surface area contributed by atoms with Gasteiger partial charge in [-0.05, 0) is 31.0 Å². The van der Waals surface area contributed by atoms with E-state index < -0.39 is 23.4 Å². The molecule has 0 amide bonds. The fourth-order valence-corrected chi connectivity index (χ4v) is 2.64. The van der Waals surface area contributed by atoms with Gasteiger partial charge < -0.3 is 10.4 Å². The monoisotopic (exact) mass is 298 g/mol. The molecule has 2 atom stereocenters. The van der Waals surface area contributed by atoms with E-state index in [2.05, 4.69) is 5.32 Å². The van der Waals surface area contributed by atoms with E-state index in [1.807, 2.05) is 0 Å². The predicted octanol–water partition coefficient (Wildman–Crippen LogP) is 3.68. The molecule has 1 aromatic carbocycles. The van der Waals surface area contributed by atoms with E-state index in [-0.39, 0.29) is 11.7 Å². The molecule has 6 heteroatoms. The van der Waals surface area contributed by atoms with E-state index in [9.17, 15) is 18.3 Å². The van der Waals surface area contributed by atoms with Crippen molar-refractivity contribution in [3.8, 4) is 6.07 Å². The van der Waals surface area contributed by atoms with Crippen LogP contribution in [0.5, 0.6) is 0 Å². The molecule has 1 aliphatic rings. The molecular formula is C15H17F3N2O. The number of benzene rings is 1. The van der Waals surface area contributed by atoms with Gasteiger partial charge in [-0.25, -0.2) is 0 Å². The second-order valence-corrected chi connectivity index (χ2v) is 5.33. The first-order valence-corrected chi connectivity index (χ1v) is 6.98. The first-order chi connectivity index (χ1) is 9.91. The number of anilines is 1. The van der Waals surface area contributed by atoms with Crippen LogP contribution in [0.25, 0.3) is 0 Å². The van der Waals surface area contributed by atoms with E-state index in [1.54, 1.807) is 6.07 Å². The summed E-state index contributed by atoms with van der Waals surface area (Å²) in [6.45, 7) is 0. The third-order valence-corrected chi connectivity index (χ3v) is 3.78. The summed E-state index contributed by atoms with van der Waals surface area (Å²) in [4.78, 5) is 0. The van der Waals surface area contributed by atoms with Crippen molar-refractivity contribution in [1.82, 2.24) is 0 Å². The molecule has 2 N–H and O–H groups in total. The van der Waals surface area contributed by atoms with Crippen LogP contribution >= 0.6 is 0 Å². The maximum absolute atomic E-state index is 12.9. The first-order valence-electron chi connectivity index (χ1n) is 6.98. The summed E-state index contributed by atoms with van der Waals surface area (Å²) in [5, 5.41) is 21.7. The molecule has 0 aliphatic heterocycles. The third-order valence-electron chi connectivity index (χ3n) is 3.78. The van der Waals surface area contributed by atoms with Crippen LogP contribution in [-0.4, -0.2) is 17.3 Å². The molecule has 0 aromatic heterocycles. The molecule has 2 rings (SSSR count). The van der Waals surface area contributed by atoms with E-state index in [0.29, 0.717) is 6.42 Å². The van der Waals surface area contributed by atoms with Gasteiger partial charge in [-0.15, -0.1) is 0 Å². The zero-order chi connectivity index (χ0) is 15.5. The van der Waals surface area contributed by atoms with Crippen molar-refractivity contribution in [2.24, 2.45) is 0 Å². The number of nitrogens with zero attached hydrogens (tertiary/aromatic N) is 1. The molecule has 0 bridgehead atoms. The van der Waals surface area contributed by atoms with E-state index in [4.69, 9.17) is 5.26 Å². The van der Waals surface area contributed by atoms with Gasteiger partial charge in [0.1, 0.15) is 0 Å². The van der Waals surface area contributed by atoms with Crippen LogP contribution in [0.3, 0.4) is 0 Å². The van der Waals surface area contributed by atoms with E-state index >= 15 is 0 Å². The van der Waals surface area contributed by atoms with Crippen molar-refractivity contribution in [2.45, 2.75) is 50.4 Å². The highest BCUT2D eigenvalue weighted by Gasteiger charge is 2.34. The molecule has 2 unspecified atom stereocenters. The molecule has 3 nitrogen and oxygen atoms in total. The van der Waals surface area contributed by atoms with Crippen LogP contribution in [0.15, 0.2) is 18.2 Å². The molecule has 0 heterocycles. The minimum atomic E-state index is -4.56. The second-order valence-electron chi connectivity index (χ2n) is 5.33. The number of aliphatic hydroxyl groups is 1. The van der Waals surface area contributed by atoms with Gasteiger partial charge in [-0.3, -0.25) is 0 Å². The minimum absolute atomic E-state index is 0.249. The molecule has 21 heavy (non-hydrogen) atoms. The van der Waals surface area contributed by atoms with Crippen LogP contribution < -0.4 is 5.32 Å². The molecule has 1 saturated carbocycles. The minimum Gasteiger partial charge on any atom is -0.391 e. The number of hydrogen-bond donors (Lipinski definition) is 2. The van der Waals surface area contributed by atoms with Gasteiger partial charge >= 0.3 is 6.18 Å². The Morgan fingerprint density at radius 1 is 1.19 bits per heavy atom. The summed E-state index contributed by atoms with van der Waals surface area (Å²) in [5.41, 5.74) is -1.06. The lowest BCUT2D eigenvalue weighted by atomic mass is 10.0. The smallest absolute Gasteiger partial charge is 0.391 e. The van der Waals surface area contributed by atoms with Gasteiger partial charge in [0.05, 0.1) is 29.3 Å². The summed E-state index contributed by atoms with van der Waals surface area (Å²) in [7, 11) is 0. The predicted molar refractivity (Wildman–Crippen MR) is 72.7 cm³/mol. The lowest BCUT2D eigenvalue weighted by Gasteiger charge is -2.23. The standard InChI is InChI=1S/C15H17F3N2O/c16-15(17,18)12-8-11(7-6-10(12)9-19)20-13-4-2-1-3-5-14(13)21/h6-8,13-14,20-21H,1-5H2. The SMILES string of the molecule is N#Cc1ccc(NC2CCCCCC2O)cc1C(F)(F)F. The fraction of sp³-hybridized carbons (Fsp3) is 0.533. The van der Waals surface area contributed by atoms with Crippen molar-refractivity contribution in [3.05, 3.63) is 29.3 Å². The number of nitriles is 1. The molecule has 1 aromatic rings. The van der Waals surface area contributed by atoms with Crippen LogP contribution in [0.1, 0.15) is 43.2 Å². The average Bonchev–Trinajstić information content (AvgIpc) is 2.63. The van der Waals surface area contributed by atoms with E-state index in [1.165, 1.54) is 6.07 Å². The largest absolute Gasteiger partial charge is 0.417 e. The second kappa shape index (κ2) is 6.35. The van der Waals surface area contributed by atoms with Crippen LogP contribution in [0.2, 0.25) is 0 Å². The zero-order valence-electron chi connectivity index (χ0n) is 11.5. The maximum atomic E-state index is 12.9. The number of nitrogens with one attached hydrogen (secondary N) is 1. The number of halogens is 3. The van der Waals surface area contributed by atoms with Crippen LogP contribution in [-0.2, 0) is 6.18 Å².